The van der Waals surface area contributed by atoms with Crippen molar-refractivity contribution in [1.82, 2.24) is 25.0 Å². The standard InChI is InChI=1S/C18H19F3N6O2/c19-18(20,21)15(28)10-29-13-7-5-12(6-8-13)27-16-14(25-26-27)9-22-17(24-16)23-11-3-1-2-4-11/h5-9,11,15,28H,1-4,10H2,(H,22,23,24)/t15-/m0/s1. The van der Waals surface area contributed by atoms with Crippen molar-refractivity contribution >= 4 is 17.1 Å². The fourth-order valence-electron chi connectivity index (χ4n) is 3.18. The van der Waals surface area contributed by atoms with Crippen molar-refractivity contribution in [2.75, 3.05) is 11.9 Å². The Labute approximate surface area is 163 Å². The van der Waals surface area contributed by atoms with Crippen LogP contribution in [0.15, 0.2) is 30.5 Å². The minimum atomic E-state index is -4.72. The van der Waals surface area contributed by atoms with E-state index in [1.807, 2.05) is 0 Å². The van der Waals surface area contributed by atoms with Crippen molar-refractivity contribution in [3.63, 3.8) is 0 Å². The van der Waals surface area contributed by atoms with Crippen molar-refractivity contribution in [3.8, 4) is 11.4 Å². The second kappa shape index (κ2) is 7.82. The molecule has 1 fully saturated rings. The molecule has 0 unspecified atom stereocenters. The number of nitrogens with zero attached hydrogens (tertiary/aromatic N) is 5. The summed E-state index contributed by atoms with van der Waals surface area (Å²) >= 11 is 0. The van der Waals surface area contributed by atoms with Gasteiger partial charge in [0, 0.05) is 6.04 Å². The summed E-state index contributed by atoms with van der Waals surface area (Å²) in [4.78, 5) is 8.79. The molecule has 0 aliphatic heterocycles. The minimum Gasteiger partial charge on any atom is -0.491 e. The van der Waals surface area contributed by atoms with Crippen LogP contribution in [0.2, 0.25) is 0 Å². The quantitative estimate of drug-likeness (QED) is 0.647. The number of benzene rings is 1. The predicted octanol–water partition coefficient (Wildman–Crippen LogP) is 2.87. The van der Waals surface area contributed by atoms with Crippen molar-refractivity contribution in [2.45, 2.75) is 44.0 Å². The molecule has 1 aliphatic rings. The Morgan fingerprint density at radius 1 is 1.21 bits per heavy atom. The number of aliphatic hydroxyl groups excluding tert-OH is 1. The summed E-state index contributed by atoms with van der Waals surface area (Å²) in [5, 5.41) is 20.5. The van der Waals surface area contributed by atoms with Crippen molar-refractivity contribution < 1.29 is 23.0 Å². The van der Waals surface area contributed by atoms with Crippen LogP contribution in [0.5, 0.6) is 5.75 Å². The van der Waals surface area contributed by atoms with Gasteiger partial charge in [-0.1, -0.05) is 18.1 Å². The number of halogens is 3. The van der Waals surface area contributed by atoms with Gasteiger partial charge in [-0.25, -0.2) is 4.98 Å². The Balaban J connectivity index is 1.50. The lowest BCUT2D eigenvalue weighted by molar-refractivity contribution is -0.210. The first kappa shape index (κ1) is 19.4. The van der Waals surface area contributed by atoms with E-state index in [0.717, 1.165) is 12.8 Å². The minimum absolute atomic E-state index is 0.194. The molecule has 11 heteroatoms. The van der Waals surface area contributed by atoms with E-state index in [1.54, 1.807) is 18.3 Å². The number of hydrogen-bond acceptors (Lipinski definition) is 7. The molecule has 0 bridgehead atoms. The monoisotopic (exact) mass is 408 g/mol. The Hall–Kier alpha value is -2.95. The second-order valence-electron chi connectivity index (χ2n) is 6.89. The lowest BCUT2D eigenvalue weighted by Crippen LogP contribution is -2.34. The molecule has 0 amide bonds. The molecule has 1 aliphatic carbocycles. The third kappa shape index (κ3) is 4.39. The summed E-state index contributed by atoms with van der Waals surface area (Å²) in [7, 11) is 0. The van der Waals surface area contributed by atoms with Crippen LogP contribution in [-0.4, -0.2) is 55.0 Å². The van der Waals surface area contributed by atoms with Crippen LogP contribution in [0.25, 0.3) is 16.9 Å². The SMILES string of the molecule is O[C@@H](COc1ccc(-n2nnc3cnc(NC4CCCC4)nc32)cc1)C(F)(F)F. The lowest BCUT2D eigenvalue weighted by atomic mass is 10.2. The fourth-order valence-corrected chi connectivity index (χ4v) is 3.18. The van der Waals surface area contributed by atoms with E-state index in [0.29, 0.717) is 28.8 Å². The largest absolute Gasteiger partial charge is 0.491 e. The molecule has 4 rings (SSSR count). The predicted molar refractivity (Wildman–Crippen MR) is 97.9 cm³/mol. The number of aromatic nitrogens is 5. The van der Waals surface area contributed by atoms with Gasteiger partial charge in [0.2, 0.25) is 5.95 Å². The smallest absolute Gasteiger partial charge is 0.417 e. The van der Waals surface area contributed by atoms with Crippen LogP contribution < -0.4 is 10.1 Å². The van der Waals surface area contributed by atoms with E-state index in [1.165, 1.54) is 29.7 Å². The van der Waals surface area contributed by atoms with Crippen LogP contribution in [-0.2, 0) is 0 Å². The van der Waals surface area contributed by atoms with Gasteiger partial charge in [-0.3, -0.25) is 0 Å². The van der Waals surface area contributed by atoms with E-state index >= 15 is 0 Å². The van der Waals surface area contributed by atoms with Crippen LogP contribution >= 0.6 is 0 Å². The summed E-state index contributed by atoms with van der Waals surface area (Å²) in [6, 6.07) is 6.58. The maximum Gasteiger partial charge on any atom is 0.417 e. The van der Waals surface area contributed by atoms with Crippen molar-refractivity contribution in [2.24, 2.45) is 0 Å². The molecule has 1 aromatic carbocycles. The van der Waals surface area contributed by atoms with E-state index < -0.39 is 18.9 Å². The number of alkyl halides is 3. The maximum absolute atomic E-state index is 12.3. The maximum atomic E-state index is 12.3. The normalized spacial score (nSPS) is 16.3. The molecule has 0 saturated heterocycles. The zero-order valence-electron chi connectivity index (χ0n) is 15.3. The van der Waals surface area contributed by atoms with Crippen LogP contribution in [0.4, 0.5) is 19.1 Å². The lowest BCUT2D eigenvalue weighted by Gasteiger charge is -2.15. The highest BCUT2D eigenvalue weighted by molar-refractivity contribution is 5.72. The number of aliphatic hydroxyl groups is 1. The molecule has 2 N–H and O–H groups in total. The van der Waals surface area contributed by atoms with E-state index in [2.05, 4.69) is 25.6 Å². The third-order valence-corrected chi connectivity index (χ3v) is 4.75. The number of hydrogen-bond donors (Lipinski definition) is 2. The van der Waals surface area contributed by atoms with Gasteiger partial charge < -0.3 is 15.2 Å². The zero-order chi connectivity index (χ0) is 20.4. The fraction of sp³-hybridized carbons (Fsp3) is 0.444. The molecule has 0 radical (unpaired) electrons. The average molecular weight is 408 g/mol. The van der Waals surface area contributed by atoms with Gasteiger partial charge in [0.05, 0.1) is 11.9 Å². The Bertz CT molecular complexity index is 970. The molecule has 29 heavy (non-hydrogen) atoms. The van der Waals surface area contributed by atoms with Crippen LogP contribution in [0.1, 0.15) is 25.7 Å². The summed E-state index contributed by atoms with van der Waals surface area (Å²) in [6.45, 7) is -0.876. The molecule has 0 spiro atoms. The van der Waals surface area contributed by atoms with E-state index in [-0.39, 0.29) is 5.75 Å². The van der Waals surface area contributed by atoms with Gasteiger partial charge in [-0.2, -0.15) is 22.8 Å². The van der Waals surface area contributed by atoms with Gasteiger partial charge in [0.1, 0.15) is 12.4 Å². The summed E-state index contributed by atoms with van der Waals surface area (Å²) in [6.07, 6.45) is -1.11. The molecular weight excluding hydrogens is 389 g/mol. The third-order valence-electron chi connectivity index (χ3n) is 4.75. The van der Waals surface area contributed by atoms with Gasteiger partial charge >= 0.3 is 6.18 Å². The molecule has 2 heterocycles. The average Bonchev–Trinajstić information content (AvgIpc) is 3.35. The number of ether oxygens (including phenoxy) is 1. The molecule has 2 aromatic heterocycles. The highest BCUT2D eigenvalue weighted by Crippen LogP contribution is 2.24. The van der Waals surface area contributed by atoms with Gasteiger partial charge in [-0.15, -0.1) is 5.10 Å². The number of anilines is 1. The first-order valence-corrected chi connectivity index (χ1v) is 9.23. The van der Waals surface area contributed by atoms with Crippen LogP contribution in [0.3, 0.4) is 0 Å². The van der Waals surface area contributed by atoms with Gasteiger partial charge in [0.15, 0.2) is 17.3 Å². The van der Waals surface area contributed by atoms with Crippen molar-refractivity contribution in [1.29, 1.82) is 0 Å². The molecule has 1 atom stereocenters. The molecule has 1 saturated carbocycles. The molecule has 8 nitrogen and oxygen atoms in total. The summed E-state index contributed by atoms with van der Waals surface area (Å²) in [5.74, 6) is 0.703. The van der Waals surface area contributed by atoms with Crippen LogP contribution in [0, 0.1) is 0 Å². The Morgan fingerprint density at radius 2 is 1.93 bits per heavy atom. The van der Waals surface area contributed by atoms with Gasteiger partial charge in [-0.05, 0) is 37.1 Å². The molecule has 3 aromatic rings. The number of rotatable bonds is 6. The number of nitrogens with one attached hydrogen (secondary N) is 1. The van der Waals surface area contributed by atoms with E-state index in [4.69, 9.17) is 9.84 Å². The number of fused-ring (bicyclic) bond motifs is 1. The zero-order valence-corrected chi connectivity index (χ0v) is 15.3. The topological polar surface area (TPSA) is 98.0 Å². The molecular formula is C18H19F3N6O2. The second-order valence-corrected chi connectivity index (χ2v) is 6.89. The van der Waals surface area contributed by atoms with E-state index in [9.17, 15) is 13.2 Å². The first-order valence-electron chi connectivity index (χ1n) is 9.23. The highest BCUT2D eigenvalue weighted by Gasteiger charge is 2.38. The Morgan fingerprint density at radius 3 is 2.62 bits per heavy atom. The summed E-state index contributed by atoms with van der Waals surface area (Å²) < 4.78 is 43.6. The Kier molecular flexibility index (Phi) is 5.22. The molecule has 154 valence electrons. The first-order chi connectivity index (χ1) is 13.9. The van der Waals surface area contributed by atoms with Gasteiger partial charge in [0.25, 0.3) is 0 Å². The highest BCUT2D eigenvalue weighted by atomic mass is 19.4. The van der Waals surface area contributed by atoms with Crippen molar-refractivity contribution in [3.05, 3.63) is 30.5 Å². The summed E-state index contributed by atoms with van der Waals surface area (Å²) in [5.41, 5.74) is 1.65.